The van der Waals surface area contributed by atoms with Crippen LogP contribution in [0.15, 0.2) is 0 Å². The van der Waals surface area contributed by atoms with Crippen LogP contribution in [-0.2, 0) is 0 Å². The molecule has 0 spiro atoms. The van der Waals surface area contributed by atoms with Crippen LogP contribution in [0.3, 0.4) is 0 Å². The zero-order valence-electron chi connectivity index (χ0n) is 14.3. The fourth-order valence-electron chi connectivity index (χ4n) is 3.86. The van der Waals surface area contributed by atoms with E-state index in [1.54, 1.807) is 0 Å². The van der Waals surface area contributed by atoms with Gasteiger partial charge in [0.1, 0.15) is 0 Å². The molecule has 3 heteroatoms. The van der Waals surface area contributed by atoms with E-state index in [1.165, 1.54) is 104 Å². The van der Waals surface area contributed by atoms with Gasteiger partial charge < -0.3 is 15.1 Å². The molecule has 21 heavy (non-hydrogen) atoms. The Labute approximate surface area is 132 Å². The molecular formula is C18H37N3. The number of hydrogen-bond acceptors (Lipinski definition) is 3. The summed E-state index contributed by atoms with van der Waals surface area (Å²) < 4.78 is 0. The number of rotatable bonds is 9. The van der Waals surface area contributed by atoms with Gasteiger partial charge in [0.15, 0.2) is 0 Å². The number of hydrogen-bond donors (Lipinski definition) is 1. The summed E-state index contributed by atoms with van der Waals surface area (Å²) in [7, 11) is 0. The Morgan fingerprint density at radius 1 is 0.857 bits per heavy atom. The van der Waals surface area contributed by atoms with Crippen LogP contribution in [0.5, 0.6) is 0 Å². The van der Waals surface area contributed by atoms with Crippen LogP contribution < -0.4 is 5.32 Å². The lowest BCUT2D eigenvalue weighted by Gasteiger charge is -2.40. The molecule has 3 nitrogen and oxygen atoms in total. The molecule has 0 aromatic heterocycles. The number of unbranched alkanes of at least 4 members (excludes halogenated alkanes) is 2. The summed E-state index contributed by atoms with van der Waals surface area (Å²) in [6, 6.07) is 0.903. The van der Waals surface area contributed by atoms with E-state index in [1.807, 2.05) is 0 Å². The average molecular weight is 296 g/mol. The SMILES string of the molecule is CCCNCCCCCN1CCC(N2CCCCC2)CC1. The summed E-state index contributed by atoms with van der Waals surface area (Å²) in [4.78, 5) is 5.49. The van der Waals surface area contributed by atoms with E-state index >= 15 is 0 Å². The molecule has 2 aliphatic heterocycles. The maximum Gasteiger partial charge on any atom is 0.0120 e. The van der Waals surface area contributed by atoms with Crippen molar-refractivity contribution in [2.24, 2.45) is 0 Å². The van der Waals surface area contributed by atoms with Crippen molar-refractivity contribution in [3.8, 4) is 0 Å². The standard InChI is InChI=1S/C18H37N3/c1-2-11-19-12-5-3-6-13-20-16-9-18(10-17-20)21-14-7-4-8-15-21/h18-19H,2-17H2,1H3. The normalized spacial score (nSPS) is 22.7. The highest BCUT2D eigenvalue weighted by Gasteiger charge is 2.24. The Morgan fingerprint density at radius 2 is 1.62 bits per heavy atom. The molecule has 2 heterocycles. The fraction of sp³-hybridized carbons (Fsp3) is 1.00. The summed E-state index contributed by atoms with van der Waals surface area (Å²) in [6.45, 7) is 11.4. The van der Waals surface area contributed by atoms with Gasteiger partial charge in [-0.15, -0.1) is 0 Å². The first-order chi connectivity index (χ1) is 10.4. The van der Waals surface area contributed by atoms with Crippen molar-refractivity contribution in [2.75, 3.05) is 45.8 Å². The Balaban J connectivity index is 1.47. The zero-order chi connectivity index (χ0) is 14.8. The zero-order valence-corrected chi connectivity index (χ0v) is 14.3. The molecule has 0 aromatic rings. The van der Waals surface area contributed by atoms with Gasteiger partial charge in [0.05, 0.1) is 0 Å². The molecule has 0 atom stereocenters. The molecule has 0 radical (unpaired) electrons. The molecule has 0 aromatic carbocycles. The second kappa shape index (κ2) is 10.6. The molecule has 124 valence electrons. The van der Waals surface area contributed by atoms with Gasteiger partial charge in [0.2, 0.25) is 0 Å². The highest BCUT2D eigenvalue weighted by atomic mass is 15.2. The predicted octanol–water partition coefficient (Wildman–Crippen LogP) is 3.11. The Bertz CT molecular complexity index is 243. The summed E-state index contributed by atoms with van der Waals surface area (Å²) in [6.07, 6.45) is 12.6. The van der Waals surface area contributed by atoms with Gasteiger partial charge in [0, 0.05) is 6.04 Å². The van der Waals surface area contributed by atoms with Gasteiger partial charge in [-0.1, -0.05) is 19.8 Å². The average Bonchev–Trinajstić information content (AvgIpc) is 2.55. The maximum absolute atomic E-state index is 3.50. The number of nitrogens with one attached hydrogen (secondary N) is 1. The Hall–Kier alpha value is -0.120. The van der Waals surface area contributed by atoms with Crippen molar-refractivity contribution in [3.63, 3.8) is 0 Å². The van der Waals surface area contributed by atoms with Crippen molar-refractivity contribution in [1.29, 1.82) is 0 Å². The third-order valence-electron chi connectivity index (χ3n) is 5.22. The van der Waals surface area contributed by atoms with Gasteiger partial charge in [-0.2, -0.15) is 0 Å². The highest BCUT2D eigenvalue weighted by molar-refractivity contribution is 4.81. The van der Waals surface area contributed by atoms with Crippen molar-refractivity contribution in [1.82, 2.24) is 15.1 Å². The summed E-state index contributed by atoms with van der Waals surface area (Å²) in [5.74, 6) is 0. The molecule has 2 fully saturated rings. The van der Waals surface area contributed by atoms with Crippen LogP contribution in [0.25, 0.3) is 0 Å². The quantitative estimate of drug-likeness (QED) is 0.659. The summed E-state index contributed by atoms with van der Waals surface area (Å²) >= 11 is 0. The lowest BCUT2D eigenvalue weighted by Crippen LogP contribution is -2.46. The molecule has 0 unspecified atom stereocenters. The first kappa shape index (κ1) is 17.2. The smallest absolute Gasteiger partial charge is 0.0120 e. The van der Waals surface area contributed by atoms with Crippen LogP contribution in [0.1, 0.15) is 64.7 Å². The second-order valence-electron chi connectivity index (χ2n) is 6.98. The van der Waals surface area contributed by atoms with Crippen molar-refractivity contribution in [2.45, 2.75) is 70.8 Å². The minimum Gasteiger partial charge on any atom is -0.317 e. The Kier molecular flexibility index (Phi) is 8.68. The van der Waals surface area contributed by atoms with Gasteiger partial charge in [-0.25, -0.2) is 0 Å². The molecular weight excluding hydrogens is 258 g/mol. The second-order valence-corrected chi connectivity index (χ2v) is 6.98. The summed E-state index contributed by atoms with van der Waals surface area (Å²) in [5.41, 5.74) is 0. The molecule has 2 aliphatic rings. The van der Waals surface area contributed by atoms with Crippen molar-refractivity contribution in [3.05, 3.63) is 0 Å². The van der Waals surface area contributed by atoms with E-state index in [9.17, 15) is 0 Å². The summed E-state index contributed by atoms with van der Waals surface area (Å²) in [5, 5.41) is 3.50. The van der Waals surface area contributed by atoms with Gasteiger partial charge in [-0.05, 0) is 90.8 Å². The van der Waals surface area contributed by atoms with Crippen LogP contribution >= 0.6 is 0 Å². The minimum absolute atomic E-state index is 0.903. The molecule has 1 N–H and O–H groups in total. The number of likely N-dealkylation sites (tertiary alicyclic amines) is 2. The first-order valence-electron chi connectivity index (χ1n) is 9.57. The Morgan fingerprint density at radius 3 is 2.33 bits per heavy atom. The van der Waals surface area contributed by atoms with E-state index in [-0.39, 0.29) is 0 Å². The predicted molar refractivity (Wildman–Crippen MR) is 91.9 cm³/mol. The third-order valence-corrected chi connectivity index (χ3v) is 5.22. The maximum atomic E-state index is 3.50. The van der Waals surface area contributed by atoms with Crippen LogP contribution in [0.2, 0.25) is 0 Å². The lowest BCUT2D eigenvalue weighted by molar-refractivity contribution is 0.0918. The van der Waals surface area contributed by atoms with E-state index in [0.717, 1.165) is 6.04 Å². The minimum atomic E-state index is 0.903. The van der Waals surface area contributed by atoms with E-state index in [2.05, 4.69) is 22.0 Å². The van der Waals surface area contributed by atoms with E-state index in [0.29, 0.717) is 0 Å². The first-order valence-corrected chi connectivity index (χ1v) is 9.57. The third kappa shape index (κ3) is 6.66. The molecule has 2 rings (SSSR count). The van der Waals surface area contributed by atoms with Crippen molar-refractivity contribution >= 4 is 0 Å². The van der Waals surface area contributed by atoms with Crippen LogP contribution in [0.4, 0.5) is 0 Å². The van der Waals surface area contributed by atoms with Gasteiger partial charge >= 0.3 is 0 Å². The van der Waals surface area contributed by atoms with Gasteiger partial charge in [-0.3, -0.25) is 0 Å². The van der Waals surface area contributed by atoms with E-state index in [4.69, 9.17) is 0 Å². The van der Waals surface area contributed by atoms with Gasteiger partial charge in [0.25, 0.3) is 0 Å². The largest absolute Gasteiger partial charge is 0.317 e. The molecule has 0 amide bonds. The molecule has 2 saturated heterocycles. The van der Waals surface area contributed by atoms with Crippen LogP contribution in [0, 0.1) is 0 Å². The number of piperidine rings is 2. The van der Waals surface area contributed by atoms with Crippen LogP contribution in [-0.4, -0.2) is 61.7 Å². The number of nitrogens with zero attached hydrogens (tertiary/aromatic N) is 2. The molecule has 0 bridgehead atoms. The lowest BCUT2D eigenvalue weighted by atomic mass is 9.99. The fourth-order valence-corrected chi connectivity index (χ4v) is 3.86. The van der Waals surface area contributed by atoms with E-state index < -0.39 is 0 Å². The van der Waals surface area contributed by atoms with Crippen molar-refractivity contribution < 1.29 is 0 Å². The topological polar surface area (TPSA) is 18.5 Å². The molecule has 0 aliphatic carbocycles. The monoisotopic (exact) mass is 295 g/mol. The highest BCUT2D eigenvalue weighted by Crippen LogP contribution is 2.21. The molecule has 0 saturated carbocycles.